The average Bonchev–Trinajstić information content (AvgIpc) is 2.59. The number of hydrogen-bond donors (Lipinski definition) is 2. The maximum Gasteiger partial charge on any atom is 0.160 e. The molecule has 0 radical (unpaired) electrons. The summed E-state index contributed by atoms with van der Waals surface area (Å²) in [6.45, 7) is 12.2. The van der Waals surface area contributed by atoms with Crippen LogP contribution in [0.2, 0.25) is 0 Å². The van der Waals surface area contributed by atoms with Gasteiger partial charge in [0.05, 0.1) is 25.4 Å². The van der Waals surface area contributed by atoms with Crippen LogP contribution in [0.5, 0.6) is 0 Å². The van der Waals surface area contributed by atoms with Gasteiger partial charge in [0.25, 0.3) is 0 Å². The largest absolute Gasteiger partial charge is 0.394 e. The predicted octanol–water partition coefficient (Wildman–Crippen LogP) is 4.06. The second-order valence-corrected chi connectivity index (χ2v) is 6.85. The third-order valence-electron chi connectivity index (χ3n) is 4.32. The molecule has 1 aliphatic heterocycles. The first-order valence-corrected chi connectivity index (χ1v) is 9.12. The lowest BCUT2D eigenvalue weighted by Gasteiger charge is -2.32. The van der Waals surface area contributed by atoms with Gasteiger partial charge in [0, 0.05) is 12.8 Å². The summed E-state index contributed by atoms with van der Waals surface area (Å²) >= 11 is 0. The molecule has 3 unspecified atom stereocenters. The van der Waals surface area contributed by atoms with Crippen LogP contribution in [0.3, 0.4) is 0 Å². The summed E-state index contributed by atoms with van der Waals surface area (Å²) in [5.74, 6) is 0. The van der Waals surface area contributed by atoms with Crippen molar-refractivity contribution in [3.63, 3.8) is 0 Å². The van der Waals surface area contributed by atoms with E-state index in [0.717, 1.165) is 36.8 Å². The SMILES string of the molecule is C=CC(=C)CC/C=C(\C)CC/C=C(\C)COC1CC(O)CC(CO)O1. The summed E-state index contributed by atoms with van der Waals surface area (Å²) in [6, 6.07) is 0. The molecule has 4 nitrogen and oxygen atoms in total. The van der Waals surface area contributed by atoms with Gasteiger partial charge < -0.3 is 19.7 Å². The topological polar surface area (TPSA) is 58.9 Å². The molecule has 1 heterocycles. The second kappa shape index (κ2) is 12.2. The fraction of sp³-hybridized carbons (Fsp3) is 0.619. The van der Waals surface area contributed by atoms with Crippen molar-refractivity contribution < 1.29 is 19.7 Å². The smallest absolute Gasteiger partial charge is 0.160 e. The normalized spacial score (nSPS) is 25.0. The Morgan fingerprint density at radius 2 is 1.84 bits per heavy atom. The first kappa shape index (κ1) is 21.8. The fourth-order valence-electron chi connectivity index (χ4n) is 2.71. The highest BCUT2D eigenvalue weighted by atomic mass is 16.7. The van der Waals surface area contributed by atoms with Crippen LogP contribution in [-0.2, 0) is 9.47 Å². The number of aliphatic hydroxyl groups excluding tert-OH is 2. The van der Waals surface area contributed by atoms with E-state index in [9.17, 15) is 5.11 Å². The van der Waals surface area contributed by atoms with Crippen molar-refractivity contribution in [2.75, 3.05) is 13.2 Å². The van der Waals surface area contributed by atoms with E-state index in [1.165, 1.54) is 5.57 Å². The molecule has 1 aliphatic rings. The molecule has 0 aliphatic carbocycles. The molecule has 2 N–H and O–H groups in total. The van der Waals surface area contributed by atoms with Crippen LogP contribution < -0.4 is 0 Å². The summed E-state index contributed by atoms with van der Waals surface area (Å²) in [4.78, 5) is 0. The molecule has 0 bridgehead atoms. The van der Waals surface area contributed by atoms with Gasteiger partial charge in [-0.15, -0.1) is 0 Å². The monoisotopic (exact) mass is 350 g/mol. The maximum atomic E-state index is 9.77. The number of rotatable bonds is 11. The van der Waals surface area contributed by atoms with Crippen LogP contribution >= 0.6 is 0 Å². The molecule has 0 aromatic rings. The van der Waals surface area contributed by atoms with Crippen molar-refractivity contribution in [2.24, 2.45) is 0 Å². The molecule has 0 aromatic carbocycles. The van der Waals surface area contributed by atoms with Crippen LogP contribution in [0.4, 0.5) is 0 Å². The van der Waals surface area contributed by atoms with E-state index < -0.39 is 12.4 Å². The van der Waals surface area contributed by atoms with Crippen molar-refractivity contribution in [3.05, 3.63) is 48.1 Å². The van der Waals surface area contributed by atoms with Gasteiger partial charge in [-0.05, 0) is 39.5 Å². The molecule has 0 spiro atoms. The van der Waals surface area contributed by atoms with Crippen molar-refractivity contribution in [2.45, 2.75) is 70.9 Å². The Morgan fingerprint density at radius 1 is 1.16 bits per heavy atom. The summed E-state index contributed by atoms with van der Waals surface area (Å²) < 4.78 is 11.3. The van der Waals surface area contributed by atoms with Gasteiger partial charge in [-0.2, -0.15) is 0 Å². The molecule has 25 heavy (non-hydrogen) atoms. The summed E-state index contributed by atoms with van der Waals surface area (Å²) in [5, 5.41) is 18.9. The van der Waals surface area contributed by atoms with E-state index in [-0.39, 0.29) is 12.7 Å². The van der Waals surface area contributed by atoms with Gasteiger partial charge in [0.15, 0.2) is 6.29 Å². The van der Waals surface area contributed by atoms with E-state index in [1.54, 1.807) is 0 Å². The zero-order valence-corrected chi connectivity index (χ0v) is 15.7. The zero-order valence-electron chi connectivity index (χ0n) is 15.7. The molecular formula is C21H34O4. The van der Waals surface area contributed by atoms with Gasteiger partial charge in [0.1, 0.15) is 0 Å². The van der Waals surface area contributed by atoms with Crippen LogP contribution in [0, 0.1) is 0 Å². The first-order chi connectivity index (χ1) is 11.9. The third-order valence-corrected chi connectivity index (χ3v) is 4.32. The molecule has 0 aromatic heterocycles. The van der Waals surface area contributed by atoms with Crippen LogP contribution in [-0.4, -0.2) is 41.9 Å². The first-order valence-electron chi connectivity index (χ1n) is 9.12. The van der Waals surface area contributed by atoms with Gasteiger partial charge >= 0.3 is 0 Å². The highest BCUT2D eigenvalue weighted by Crippen LogP contribution is 2.21. The summed E-state index contributed by atoms with van der Waals surface area (Å²) in [6.07, 6.45) is 9.93. The minimum atomic E-state index is -0.467. The molecule has 142 valence electrons. The van der Waals surface area contributed by atoms with Crippen LogP contribution in [0.1, 0.15) is 52.4 Å². The molecule has 1 rings (SSSR count). The number of hydrogen-bond acceptors (Lipinski definition) is 4. The van der Waals surface area contributed by atoms with E-state index in [4.69, 9.17) is 14.6 Å². The maximum absolute atomic E-state index is 9.77. The highest BCUT2D eigenvalue weighted by molar-refractivity contribution is 5.12. The zero-order chi connectivity index (χ0) is 18.7. The van der Waals surface area contributed by atoms with Crippen molar-refractivity contribution in [1.82, 2.24) is 0 Å². The predicted molar refractivity (Wildman–Crippen MR) is 102 cm³/mol. The third kappa shape index (κ3) is 9.75. The molecule has 0 amide bonds. The fourth-order valence-corrected chi connectivity index (χ4v) is 2.71. The standard InChI is InChI=1S/C21H34O4/c1-5-16(2)8-6-9-17(3)10-7-11-18(4)15-24-21-13-19(23)12-20(14-22)25-21/h5,9,11,19-23H,1-2,6-8,10,12-15H2,3-4H3/b17-9+,18-11+. The lowest BCUT2D eigenvalue weighted by molar-refractivity contribution is -0.218. The minimum absolute atomic E-state index is 0.0858. The van der Waals surface area contributed by atoms with Crippen LogP contribution in [0.25, 0.3) is 0 Å². The Hall–Kier alpha value is -1.20. The molecule has 4 heteroatoms. The second-order valence-electron chi connectivity index (χ2n) is 6.85. The number of ether oxygens (including phenoxy) is 2. The van der Waals surface area contributed by atoms with Gasteiger partial charge in [-0.1, -0.05) is 48.1 Å². The molecule has 3 atom stereocenters. The van der Waals surface area contributed by atoms with Gasteiger partial charge in [0.2, 0.25) is 0 Å². The minimum Gasteiger partial charge on any atom is -0.394 e. The number of aliphatic hydroxyl groups is 2. The van der Waals surface area contributed by atoms with E-state index in [2.05, 4.69) is 32.2 Å². The highest BCUT2D eigenvalue weighted by Gasteiger charge is 2.28. The van der Waals surface area contributed by atoms with E-state index >= 15 is 0 Å². The quantitative estimate of drug-likeness (QED) is 0.436. The Balaban J connectivity index is 2.25. The van der Waals surface area contributed by atoms with Gasteiger partial charge in [-0.3, -0.25) is 0 Å². The van der Waals surface area contributed by atoms with Crippen LogP contribution in [0.15, 0.2) is 48.1 Å². The average molecular weight is 350 g/mol. The van der Waals surface area contributed by atoms with Gasteiger partial charge in [-0.25, -0.2) is 0 Å². The Kier molecular flexibility index (Phi) is 10.7. The van der Waals surface area contributed by atoms with E-state index in [0.29, 0.717) is 19.4 Å². The molecule has 0 saturated carbocycles. The Bertz CT molecular complexity index is 478. The van der Waals surface area contributed by atoms with Crippen molar-refractivity contribution in [3.8, 4) is 0 Å². The molecule has 1 saturated heterocycles. The molecular weight excluding hydrogens is 316 g/mol. The lowest BCUT2D eigenvalue weighted by atomic mass is 10.1. The summed E-state index contributed by atoms with van der Waals surface area (Å²) in [5.41, 5.74) is 3.61. The summed E-state index contributed by atoms with van der Waals surface area (Å²) in [7, 11) is 0. The Labute approximate surface area is 152 Å². The lowest BCUT2D eigenvalue weighted by Crippen LogP contribution is -2.39. The van der Waals surface area contributed by atoms with Crippen molar-refractivity contribution in [1.29, 1.82) is 0 Å². The Morgan fingerprint density at radius 3 is 2.52 bits per heavy atom. The van der Waals surface area contributed by atoms with Crippen molar-refractivity contribution >= 4 is 0 Å². The number of allylic oxidation sites excluding steroid dienone is 5. The molecule has 1 fully saturated rings. The van der Waals surface area contributed by atoms with E-state index in [1.807, 2.05) is 13.0 Å².